The lowest BCUT2D eigenvalue weighted by Gasteiger charge is -2.29. The number of carbonyl (C=O) groups is 2. The average molecular weight is 533 g/mol. The van der Waals surface area contributed by atoms with Gasteiger partial charge in [0, 0.05) is 12.6 Å². The highest BCUT2D eigenvalue weighted by Crippen LogP contribution is 2.31. The Kier molecular flexibility index (Phi) is 8.74. The van der Waals surface area contributed by atoms with Gasteiger partial charge in [0.05, 0.1) is 4.47 Å². The van der Waals surface area contributed by atoms with Crippen molar-refractivity contribution in [3.63, 3.8) is 0 Å². The van der Waals surface area contributed by atoms with E-state index >= 15 is 0 Å². The summed E-state index contributed by atoms with van der Waals surface area (Å²) in [6.45, 7) is 8.08. The van der Waals surface area contributed by atoms with E-state index in [4.69, 9.17) is 4.74 Å². The number of halogens is 2. The van der Waals surface area contributed by atoms with Crippen molar-refractivity contribution in [1.82, 2.24) is 10.2 Å². The first-order chi connectivity index (χ1) is 16.0. The van der Waals surface area contributed by atoms with Crippen molar-refractivity contribution in [2.75, 3.05) is 6.61 Å². The van der Waals surface area contributed by atoms with Crippen LogP contribution in [-0.2, 0) is 21.5 Å². The van der Waals surface area contributed by atoms with Crippen LogP contribution in [0.1, 0.15) is 64.5 Å². The highest BCUT2D eigenvalue weighted by molar-refractivity contribution is 9.10. The Morgan fingerprint density at radius 1 is 1.15 bits per heavy atom. The molecule has 0 spiro atoms. The van der Waals surface area contributed by atoms with Crippen molar-refractivity contribution < 1.29 is 18.7 Å². The van der Waals surface area contributed by atoms with E-state index in [1.165, 1.54) is 17.0 Å². The molecule has 0 heterocycles. The third-order valence-electron chi connectivity index (χ3n) is 6.28. The lowest BCUT2D eigenvalue weighted by atomic mass is 9.87. The monoisotopic (exact) mass is 532 g/mol. The second-order valence-corrected chi connectivity index (χ2v) is 10.9. The van der Waals surface area contributed by atoms with Gasteiger partial charge < -0.3 is 15.0 Å². The molecule has 0 radical (unpaired) electrons. The van der Waals surface area contributed by atoms with Crippen LogP contribution in [0.25, 0.3) is 0 Å². The maximum absolute atomic E-state index is 13.4. The third kappa shape index (κ3) is 7.05. The molecular formula is C27H34BrFN2O3. The van der Waals surface area contributed by atoms with Crippen LogP contribution in [0.15, 0.2) is 46.9 Å². The Morgan fingerprint density at radius 3 is 2.38 bits per heavy atom. The normalized spacial score (nSPS) is 15.1. The first-order valence-electron chi connectivity index (χ1n) is 11.8. The number of carbonyl (C=O) groups excluding carboxylic acids is 2. The molecule has 2 aromatic rings. The van der Waals surface area contributed by atoms with E-state index in [-0.39, 0.29) is 42.2 Å². The lowest BCUT2D eigenvalue weighted by Crippen LogP contribution is -2.50. The molecule has 1 atom stereocenters. The Morgan fingerprint density at radius 2 is 1.79 bits per heavy atom. The molecule has 1 aliphatic rings. The van der Waals surface area contributed by atoms with Crippen molar-refractivity contribution in [3.05, 3.63) is 63.9 Å². The van der Waals surface area contributed by atoms with Crippen LogP contribution >= 0.6 is 15.9 Å². The minimum atomic E-state index is -0.687. The van der Waals surface area contributed by atoms with Crippen molar-refractivity contribution in [1.29, 1.82) is 0 Å². The van der Waals surface area contributed by atoms with Gasteiger partial charge in [0.15, 0.2) is 6.61 Å². The van der Waals surface area contributed by atoms with Crippen LogP contribution in [0.3, 0.4) is 0 Å². The van der Waals surface area contributed by atoms with E-state index < -0.39 is 6.04 Å². The van der Waals surface area contributed by atoms with Gasteiger partial charge in [-0.3, -0.25) is 9.59 Å². The summed E-state index contributed by atoms with van der Waals surface area (Å²) >= 11 is 3.54. The minimum absolute atomic E-state index is 0.00899. The summed E-state index contributed by atoms with van der Waals surface area (Å²) in [5, 5.41) is 3.07. The molecule has 3 rings (SSSR count). The predicted octanol–water partition coefficient (Wildman–Crippen LogP) is 5.74. The number of hydrogen-bond donors (Lipinski definition) is 1. The quantitative estimate of drug-likeness (QED) is 0.471. The molecule has 184 valence electrons. The second kappa shape index (κ2) is 11.3. The van der Waals surface area contributed by atoms with Crippen LogP contribution in [0.5, 0.6) is 5.75 Å². The molecule has 1 fully saturated rings. The van der Waals surface area contributed by atoms with Gasteiger partial charge >= 0.3 is 0 Å². The molecule has 0 saturated heterocycles. The van der Waals surface area contributed by atoms with E-state index in [1.807, 2.05) is 18.2 Å². The lowest BCUT2D eigenvalue weighted by molar-refractivity contribution is -0.142. The van der Waals surface area contributed by atoms with Crippen LogP contribution in [-0.4, -0.2) is 35.4 Å². The summed E-state index contributed by atoms with van der Waals surface area (Å²) in [5.41, 5.74) is 1.88. The van der Waals surface area contributed by atoms with Crippen molar-refractivity contribution in [2.45, 2.75) is 77.4 Å². The topological polar surface area (TPSA) is 58.6 Å². The Labute approximate surface area is 210 Å². The van der Waals surface area contributed by atoms with E-state index in [2.05, 4.69) is 42.0 Å². The first kappa shape index (κ1) is 26.2. The molecule has 2 aromatic carbocycles. The zero-order valence-electron chi connectivity index (χ0n) is 20.4. The van der Waals surface area contributed by atoms with Crippen molar-refractivity contribution in [3.8, 4) is 5.75 Å². The smallest absolute Gasteiger partial charge is 0.261 e. The molecule has 34 heavy (non-hydrogen) atoms. The van der Waals surface area contributed by atoms with Crippen LogP contribution in [0.4, 0.5) is 4.39 Å². The number of hydrogen-bond acceptors (Lipinski definition) is 3. The van der Waals surface area contributed by atoms with Gasteiger partial charge in [-0.1, -0.05) is 51.8 Å². The van der Waals surface area contributed by atoms with Crippen molar-refractivity contribution >= 4 is 27.7 Å². The van der Waals surface area contributed by atoms with E-state index in [0.29, 0.717) is 5.75 Å². The van der Waals surface area contributed by atoms with Crippen LogP contribution in [0.2, 0.25) is 0 Å². The van der Waals surface area contributed by atoms with Gasteiger partial charge in [0.25, 0.3) is 5.91 Å². The second-order valence-electron chi connectivity index (χ2n) is 10.00. The molecule has 2 amide bonds. The standard InChI is InChI=1S/C27H34BrFN2O3/c1-18(26(33)30-22-7-5-6-8-22)31(16-19-9-12-21(29)13-10-19)25(32)17-34-24-14-11-20(15-23(24)28)27(2,3)4/h9-15,18,22H,5-8,16-17H2,1-4H3,(H,30,33)/t18-/m1/s1. The number of nitrogens with one attached hydrogen (secondary N) is 1. The van der Waals surface area contributed by atoms with Gasteiger partial charge in [-0.25, -0.2) is 4.39 Å². The number of ether oxygens (including phenoxy) is 1. The highest BCUT2D eigenvalue weighted by atomic mass is 79.9. The van der Waals surface area contributed by atoms with Gasteiger partial charge in [-0.15, -0.1) is 0 Å². The Balaban J connectivity index is 1.72. The average Bonchev–Trinajstić information content (AvgIpc) is 3.29. The molecule has 0 aliphatic heterocycles. The number of nitrogens with zero attached hydrogens (tertiary/aromatic N) is 1. The fourth-order valence-electron chi connectivity index (χ4n) is 4.07. The summed E-state index contributed by atoms with van der Waals surface area (Å²) in [7, 11) is 0. The fraction of sp³-hybridized carbons (Fsp3) is 0.481. The maximum Gasteiger partial charge on any atom is 0.261 e. The number of benzene rings is 2. The molecule has 5 nitrogen and oxygen atoms in total. The minimum Gasteiger partial charge on any atom is -0.483 e. The first-order valence-corrected chi connectivity index (χ1v) is 12.6. The molecule has 1 N–H and O–H groups in total. The predicted molar refractivity (Wildman–Crippen MR) is 135 cm³/mol. The zero-order valence-corrected chi connectivity index (χ0v) is 22.0. The highest BCUT2D eigenvalue weighted by Gasteiger charge is 2.29. The summed E-state index contributed by atoms with van der Waals surface area (Å²) in [4.78, 5) is 27.7. The maximum atomic E-state index is 13.4. The van der Waals surface area contributed by atoms with E-state index in [1.54, 1.807) is 19.1 Å². The largest absolute Gasteiger partial charge is 0.483 e. The molecule has 1 saturated carbocycles. The molecule has 0 bridgehead atoms. The van der Waals surface area contributed by atoms with Gasteiger partial charge in [-0.2, -0.15) is 0 Å². The number of rotatable bonds is 8. The zero-order chi connectivity index (χ0) is 24.9. The van der Waals surface area contributed by atoms with E-state index in [0.717, 1.165) is 41.3 Å². The molecule has 1 aliphatic carbocycles. The summed E-state index contributed by atoms with van der Waals surface area (Å²) in [6, 6.07) is 11.3. The Bertz CT molecular complexity index is 998. The van der Waals surface area contributed by atoms with Gasteiger partial charge in [0.1, 0.15) is 17.6 Å². The number of amides is 2. The van der Waals surface area contributed by atoms with Crippen LogP contribution < -0.4 is 10.1 Å². The van der Waals surface area contributed by atoms with Crippen LogP contribution in [0, 0.1) is 5.82 Å². The molecule has 0 unspecified atom stereocenters. The van der Waals surface area contributed by atoms with Crippen molar-refractivity contribution in [2.24, 2.45) is 0 Å². The summed E-state index contributed by atoms with van der Waals surface area (Å²) in [6.07, 6.45) is 4.14. The molecule has 0 aromatic heterocycles. The van der Waals surface area contributed by atoms with Gasteiger partial charge in [0.2, 0.25) is 5.91 Å². The fourth-order valence-corrected chi connectivity index (χ4v) is 4.56. The molecular weight excluding hydrogens is 499 g/mol. The SMILES string of the molecule is C[C@H](C(=O)NC1CCCC1)N(Cc1ccc(F)cc1)C(=O)COc1ccc(C(C)(C)C)cc1Br. The Hall–Kier alpha value is -2.41. The van der Waals surface area contributed by atoms with E-state index in [9.17, 15) is 14.0 Å². The molecule has 7 heteroatoms. The summed E-state index contributed by atoms with van der Waals surface area (Å²) in [5.74, 6) is -0.282. The third-order valence-corrected chi connectivity index (χ3v) is 6.90. The van der Waals surface area contributed by atoms with Gasteiger partial charge in [-0.05, 0) is 76.5 Å². The summed E-state index contributed by atoms with van der Waals surface area (Å²) < 4.78 is 20.0.